The van der Waals surface area contributed by atoms with E-state index in [9.17, 15) is 14.9 Å². The summed E-state index contributed by atoms with van der Waals surface area (Å²) in [6, 6.07) is 12.9. The first-order valence-corrected chi connectivity index (χ1v) is 23.2. The Hall–Kier alpha value is -6.53. The number of nitriles is 1. The lowest BCUT2D eigenvalue weighted by atomic mass is 9.62. The van der Waals surface area contributed by atoms with Crippen LogP contribution in [0.25, 0.3) is 11.0 Å². The van der Waals surface area contributed by atoms with Gasteiger partial charge in [-0.05, 0) is 67.6 Å². The molecule has 14 nitrogen and oxygen atoms in total. The van der Waals surface area contributed by atoms with E-state index in [2.05, 4.69) is 48.8 Å². The normalized spacial score (nSPS) is 17.7. The van der Waals surface area contributed by atoms with E-state index in [1.165, 1.54) is 55.6 Å². The van der Waals surface area contributed by atoms with E-state index >= 15 is 8.78 Å². The minimum absolute atomic E-state index is 0.0116. The number of nitrogens with zero attached hydrogens (tertiary/aromatic N) is 5. The molecule has 1 fully saturated rings. The van der Waals surface area contributed by atoms with Gasteiger partial charge in [0.1, 0.15) is 46.0 Å². The molecule has 0 saturated carbocycles. The molecular weight excluding hydrogens is 963 g/mol. The van der Waals surface area contributed by atoms with Gasteiger partial charge in [-0.15, -0.1) is 0 Å². The minimum Gasteiger partial charge on any atom is -0.496 e. The zero-order valence-electron chi connectivity index (χ0n) is 39.4. The van der Waals surface area contributed by atoms with E-state index in [1.807, 2.05) is 39.2 Å². The lowest BCUT2D eigenvalue weighted by Gasteiger charge is -2.37. The number of anilines is 2. The minimum atomic E-state index is -1.83. The molecule has 7 rings (SSSR count). The van der Waals surface area contributed by atoms with Crippen molar-refractivity contribution in [1.29, 1.82) is 5.26 Å². The van der Waals surface area contributed by atoms with E-state index < -0.39 is 52.3 Å². The number of amides is 2. The van der Waals surface area contributed by atoms with Crippen molar-refractivity contribution in [1.82, 2.24) is 30.2 Å². The van der Waals surface area contributed by atoms with Crippen molar-refractivity contribution in [2.75, 3.05) is 45.0 Å². The second-order valence-corrected chi connectivity index (χ2v) is 19.2. The number of halogens is 5. The molecule has 6 aromatic rings. The Labute approximate surface area is 419 Å². The Kier molecular flexibility index (Phi) is 15.6. The summed E-state index contributed by atoms with van der Waals surface area (Å²) in [5.74, 6) is 2.91. The Balaban J connectivity index is 1.04. The monoisotopic (exact) mass is 1010 g/mol. The van der Waals surface area contributed by atoms with Gasteiger partial charge in [0, 0.05) is 58.2 Å². The number of aryl methyl sites for hydroxylation is 1. The number of benzene rings is 3. The highest BCUT2D eigenvalue weighted by Gasteiger charge is 2.61. The van der Waals surface area contributed by atoms with E-state index in [0.29, 0.717) is 23.1 Å². The molecule has 3 aromatic heterocycles. The van der Waals surface area contributed by atoms with Gasteiger partial charge in [0.25, 0.3) is 5.91 Å². The SMILES string of the molecule is COc1cc(C(=O)NCCOCC#Cc2cn(Cc3ncc(C)c(OC)c3C)c3nc(N)nc(Cl)c23)ccc1NC(=O)C1NC(CC(C)(C)C)C(C#N)(c2ccc(Cl)cc2F)C1c1cccc(Cl)c1F. The number of carbonyl (C=O) groups excluding carboxylic acids is 2. The second-order valence-electron chi connectivity index (χ2n) is 18.0. The van der Waals surface area contributed by atoms with Crippen molar-refractivity contribution < 1.29 is 32.6 Å². The molecule has 0 spiro atoms. The number of hydrogen-bond donors (Lipinski definition) is 4. The maximum atomic E-state index is 16.2. The number of ether oxygens (including phenoxy) is 3. The van der Waals surface area contributed by atoms with E-state index in [0.717, 1.165) is 28.6 Å². The molecule has 3 aromatic carbocycles. The molecule has 19 heteroatoms. The van der Waals surface area contributed by atoms with Crippen LogP contribution in [0.3, 0.4) is 0 Å². The zero-order valence-corrected chi connectivity index (χ0v) is 41.6. The predicted octanol–water partition coefficient (Wildman–Crippen LogP) is 9.09. The second kappa shape index (κ2) is 21.2. The fraction of sp³-hybridized carbons (Fsp3) is 0.333. The Morgan fingerprint density at radius 2 is 1.81 bits per heavy atom. The predicted molar refractivity (Wildman–Crippen MR) is 266 cm³/mol. The lowest BCUT2D eigenvalue weighted by Crippen LogP contribution is -2.45. The molecule has 364 valence electrons. The fourth-order valence-corrected chi connectivity index (χ4v) is 9.68. The molecule has 5 N–H and O–H groups in total. The van der Waals surface area contributed by atoms with E-state index in [-0.39, 0.29) is 75.5 Å². The third kappa shape index (κ3) is 10.5. The van der Waals surface area contributed by atoms with Crippen LogP contribution in [0.15, 0.2) is 67.0 Å². The van der Waals surface area contributed by atoms with Crippen molar-refractivity contribution >= 4 is 69.3 Å². The van der Waals surface area contributed by atoms with Gasteiger partial charge in [-0.25, -0.2) is 13.8 Å². The summed E-state index contributed by atoms with van der Waals surface area (Å²) < 4.78 is 51.0. The average molecular weight is 1010 g/mol. The smallest absolute Gasteiger partial charge is 0.251 e. The number of nitrogens with one attached hydrogen (secondary N) is 3. The fourth-order valence-electron chi connectivity index (χ4n) is 9.06. The molecule has 4 heterocycles. The van der Waals surface area contributed by atoms with Gasteiger partial charge in [-0.1, -0.05) is 85.6 Å². The van der Waals surface area contributed by atoms with Crippen LogP contribution < -0.4 is 31.2 Å². The van der Waals surface area contributed by atoms with Crippen molar-refractivity contribution in [3.05, 3.63) is 133 Å². The number of rotatable bonds is 14. The number of aromatic nitrogens is 4. The van der Waals surface area contributed by atoms with Gasteiger partial charge in [0.05, 0.1) is 66.8 Å². The van der Waals surface area contributed by atoms with E-state index in [1.54, 1.807) is 19.5 Å². The van der Waals surface area contributed by atoms with Gasteiger partial charge in [0.15, 0.2) is 0 Å². The van der Waals surface area contributed by atoms with Crippen molar-refractivity contribution in [3.8, 4) is 29.4 Å². The largest absolute Gasteiger partial charge is 0.496 e. The number of methoxy groups -OCH3 is 2. The first-order chi connectivity index (χ1) is 33.3. The average Bonchev–Trinajstić information content (AvgIpc) is 3.82. The molecule has 2 amide bonds. The summed E-state index contributed by atoms with van der Waals surface area (Å²) in [6.45, 7) is 10.3. The summed E-state index contributed by atoms with van der Waals surface area (Å²) in [4.78, 5) is 41.0. The maximum Gasteiger partial charge on any atom is 0.251 e. The number of hydrogen-bond acceptors (Lipinski definition) is 11. The molecular formula is C51H50Cl3F2N9O5. The van der Waals surface area contributed by atoms with Crippen LogP contribution in [-0.2, 0) is 21.5 Å². The number of carbonyl (C=O) groups is 2. The van der Waals surface area contributed by atoms with Crippen LogP contribution >= 0.6 is 34.8 Å². The molecule has 0 aliphatic carbocycles. The first-order valence-electron chi connectivity index (χ1n) is 22.0. The highest BCUT2D eigenvalue weighted by molar-refractivity contribution is 6.34. The van der Waals surface area contributed by atoms with Gasteiger partial charge in [-0.3, -0.25) is 14.6 Å². The van der Waals surface area contributed by atoms with Crippen molar-refractivity contribution in [3.63, 3.8) is 0 Å². The van der Waals surface area contributed by atoms with Crippen LogP contribution in [0.4, 0.5) is 20.4 Å². The molecule has 1 aliphatic heterocycles. The van der Waals surface area contributed by atoms with Gasteiger partial charge >= 0.3 is 0 Å². The molecule has 1 saturated heterocycles. The van der Waals surface area contributed by atoms with Crippen LogP contribution in [0.2, 0.25) is 15.2 Å². The van der Waals surface area contributed by atoms with Gasteiger partial charge in [-0.2, -0.15) is 10.2 Å². The van der Waals surface area contributed by atoms with E-state index in [4.69, 9.17) is 54.7 Å². The zero-order chi connectivity index (χ0) is 50.7. The summed E-state index contributed by atoms with van der Waals surface area (Å²) >= 11 is 19.0. The number of nitrogen functional groups attached to an aromatic ring is 1. The Bertz CT molecular complexity index is 3110. The maximum absolute atomic E-state index is 16.2. The Morgan fingerprint density at radius 3 is 2.51 bits per heavy atom. The number of pyridine rings is 1. The third-order valence-corrected chi connectivity index (χ3v) is 12.9. The molecule has 0 bridgehead atoms. The van der Waals surface area contributed by atoms with Gasteiger partial charge < -0.3 is 40.5 Å². The van der Waals surface area contributed by atoms with Gasteiger partial charge in [0.2, 0.25) is 11.9 Å². The van der Waals surface area contributed by atoms with Crippen molar-refractivity contribution in [2.45, 2.75) is 71.0 Å². The summed E-state index contributed by atoms with van der Waals surface area (Å²) in [6.07, 6.45) is 3.83. The van der Waals surface area contributed by atoms with Crippen molar-refractivity contribution in [2.24, 2.45) is 5.41 Å². The van der Waals surface area contributed by atoms with Crippen LogP contribution in [0.1, 0.15) is 77.0 Å². The summed E-state index contributed by atoms with van der Waals surface area (Å²) in [5, 5.41) is 20.7. The lowest BCUT2D eigenvalue weighted by molar-refractivity contribution is -0.118. The molecule has 4 unspecified atom stereocenters. The molecule has 4 atom stereocenters. The van der Waals surface area contributed by atoms with Crippen LogP contribution in [0.5, 0.6) is 11.5 Å². The summed E-state index contributed by atoms with van der Waals surface area (Å²) in [5.41, 5.74) is 7.60. The highest BCUT2D eigenvalue weighted by Crippen LogP contribution is 2.53. The third-order valence-electron chi connectivity index (χ3n) is 12.1. The van der Waals surface area contributed by atoms with Crippen LogP contribution in [0, 0.1) is 54.1 Å². The standard InChI is InChI=1S/C51H50Cl3F2N9O5/c1-27-23-60-37(28(2)44(27)69-7)25-65-24-30(40-45(54)63-49(58)64-46(40)65)10-9-18-70-19-17-59-47(66)29-13-16-36(38(20-29)68-6)61-48(67)43-41(32-11-8-12-34(53)42(32)56)51(26-57,39(62-43)22-50(3,4)5)33-15-14-31(52)21-35(33)55/h8,11-16,20-21,23-24,39,41,43,62H,17-19,22,25H2,1-7H3,(H,59,66)(H,61,67)(H2,58,63,64). The topological polar surface area (TPSA) is 191 Å². The first kappa shape index (κ1) is 51.3. The molecule has 0 radical (unpaired) electrons. The van der Waals surface area contributed by atoms with Crippen LogP contribution in [-0.4, -0.2) is 77.4 Å². The highest BCUT2D eigenvalue weighted by atomic mass is 35.5. The summed E-state index contributed by atoms with van der Waals surface area (Å²) in [7, 11) is 2.99. The molecule has 70 heavy (non-hydrogen) atoms. The quantitative estimate of drug-likeness (QED) is 0.0463. The molecule has 1 aliphatic rings. The Morgan fingerprint density at radius 1 is 1.04 bits per heavy atom. The number of nitrogens with two attached hydrogens (primary N) is 1. The number of fused-ring (bicyclic) bond motifs is 1.